The Labute approximate surface area is 120 Å². The van der Waals surface area contributed by atoms with E-state index in [-0.39, 0.29) is 11.5 Å². The van der Waals surface area contributed by atoms with Crippen molar-refractivity contribution in [2.75, 3.05) is 18.9 Å². The molecule has 0 bridgehead atoms. The average Bonchev–Trinajstić information content (AvgIpc) is 2.46. The number of unbranched alkanes of at least 4 members (excludes halogenated alkanes) is 5. The first-order valence-corrected chi connectivity index (χ1v) is 7.30. The van der Waals surface area contributed by atoms with Gasteiger partial charge in [0.25, 0.3) is 5.91 Å². The molecule has 0 fully saturated rings. The number of hydrogen-bond donors (Lipinski definition) is 2. The van der Waals surface area contributed by atoms with Gasteiger partial charge < -0.3 is 10.6 Å². The zero-order valence-electron chi connectivity index (χ0n) is 12.3. The smallest absolute Gasteiger partial charge is 0.255 e. The first kappa shape index (κ1) is 16.4. The fraction of sp³-hybridized carbons (Fsp3) is 0.600. The highest BCUT2D eigenvalue weighted by Gasteiger charge is 2.12. The monoisotopic (exact) mass is 281 g/mol. The van der Waals surface area contributed by atoms with Crippen molar-refractivity contribution in [1.29, 1.82) is 0 Å². The fourth-order valence-corrected chi connectivity index (χ4v) is 2.01. The molecule has 112 valence electrons. The number of hydrogen-bond acceptors (Lipinski definition) is 3. The number of carbonyl (C=O) groups excluding carboxylic acids is 1. The molecule has 0 atom stereocenters. The van der Waals surface area contributed by atoms with Crippen LogP contribution in [0, 0.1) is 5.82 Å². The molecule has 5 heteroatoms. The van der Waals surface area contributed by atoms with E-state index < -0.39 is 5.82 Å². The summed E-state index contributed by atoms with van der Waals surface area (Å²) in [5.41, 5.74) is 0.249. The third kappa shape index (κ3) is 5.55. The quantitative estimate of drug-likeness (QED) is 0.682. The van der Waals surface area contributed by atoms with Crippen molar-refractivity contribution in [3.63, 3.8) is 0 Å². The molecule has 0 radical (unpaired) electrons. The number of aromatic nitrogens is 1. The molecule has 0 aliphatic carbocycles. The molecule has 0 spiro atoms. The van der Waals surface area contributed by atoms with Gasteiger partial charge in [0.2, 0.25) is 0 Å². The number of nitrogens with zero attached hydrogens (tertiary/aromatic N) is 1. The standard InChI is InChI=1S/C15H24FN3O/c1-3-4-5-6-7-8-9-18-15(20)13-10-12(16)11-19-14(13)17-2/h10-11H,3-9H2,1-2H3,(H,17,19)(H,18,20). The summed E-state index contributed by atoms with van der Waals surface area (Å²) in [5.74, 6) is -0.393. The summed E-state index contributed by atoms with van der Waals surface area (Å²) in [4.78, 5) is 15.8. The third-order valence-electron chi connectivity index (χ3n) is 3.15. The summed E-state index contributed by atoms with van der Waals surface area (Å²) in [5, 5.41) is 5.60. The molecule has 0 aliphatic rings. The largest absolute Gasteiger partial charge is 0.372 e. The highest BCUT2D eigenvalue weighted by molar-refractivity contribution is 5.98. The van der Waals surface area contributed by atoms with Crippen LogP contribution in [0.15, 0.2) is 12.3 Å². The van der Waals surface area contributed by atoms with Crippen LogP contribution in [0.2, 0.25) is 0 Å². The summed E-state index contributed by atoms with van der Waals surface area (Å²) >= 11 is 0. The molecule has 1 aromatic heterocycles. The molecule has 0 aromatic carbocycles. The Kier molecular flexibility index (Phi) is 7.62. The summed E-state index contributed by atoms with van der Waals surface area (Å²) in [6.45, 7) is 2.80. The lowest BCUT2D eigenvalue weighted by molar-refractivity contribution is 0.0953. The molecule has 1 heterocycles. The van der Waals surface area contributed by atoms with Crippen LogP contribution in [0.1, 0.15) is 55.8 Å². The number of anilines is 1. The maximum atomic E-state index is 13.1. The molecule has 0 saturated heterocycles. The Morgan fingerprint density at radius 1 is 1.25 bits per heavy atom. The third-order valence-corrected chi connectivity index (χ3v) is 3.15. The van der Waals surface area contributed by atoms with E-state index in [1.807, 2.05) is 0 Å². The van der Waals surface area contributed by atoms with Gasteiger partial charge in [0.1, 0.15) is 11.6 Å². The molecule has 0 unspecified atom stereocenters. The van der Waals surface area contributed by atoms with Gasteiger partial charge in [0.15, 0.2) is 0 Å². The van der Waals surface area contributed by atoms with Crippen LogP contribution < -0.4 is 10.6 Å². The number of carbonyl (C=O) groups is 1. The van der Waals surface area contributed by atoms with E-state index in [1.54, 1.807) is 7.05 Å². The Morgan fingerprint density at radius 3 is 2.65 bits per heavy atom. The van der Waals surface area contributed by atoms with Crippen LogP contribution in [-0.4, -0.2) is 24.5 Å². The minimum absolute atomic E-state index is 0.249. The zero-order chi connectivity index (χ0) is 14.8. The van der Waals surface area contributed by atoms with Crippen LogP contribution in [0.5, 0.6) is 0 Å². The molecule has 20 heavy (non-hydrogen) atoms. The van der Waals surface area contributed by atoms with E-state index >= 15 is 0 Å². The van der Waals surface area contributed by atoms with Crippen LogP contribution >= 0.6 is 0 Å². The van der Waals surface area contributed by atoms with Crippen molar-refractivity contribution < 1.29 is 9.18 Å². The summed E-state index contributed by atoms with van der Waals surface area (Å²) < 4.78 is 13.1. The van der Waals surface area contributed by atoms with Crippen LogP contribution in [-0.2, 0) is 0 Å². The van der Waals surface area contributed by atoms with E-state index in [0.717, 1.165) is 19.0 Å². The second-order valence-corrected chi connectivity index (χ2v) is 4.82. The number of pyridine rings is 1. The SMILES string of the molecule is CCCCCCCCNC(=O)c1cc(F)cnc1NC. The molecule has 1 aromatic rings. The molecule has 2 N–H and O–H groups in total. The predicted molar refractivity (Wildman–Crippen MR) is 79.5 cm³/mol. The summed E-state index contributed by atoms with van der Waals surface area (Å²) in [6, 6.07) is 1.20. The topological polar surface area (TPSA) is 54.0 Å². The van der Waals surface area contributed by atoms with Gasteiger partial charge in [-0.1, -0.05) is 39.0 Å². The first-order chi connectivity index (χ1) is 9.69. The normalized spacial score (nSPS) is 10.3. The molecule has 1 rings (SSSR count). The van der Waals surface area contributed by atoms with Gasteiger partial charge in [0, 0.05) is 13.6 Å². The van der Waals surface area contributed by atoms with Crippen LogP contribution in [0.4, 0.5) is 10.2 Å². The Hall–Kier alpha value is -1.65. The van der Waals surface area contributed by atoms with Gasteiger partial charge >= 0.3 is 0 Å². The highest BCUT2D eigenvalue weighted by atomic mass is 19.1. The fourth-order valence-electron chi connectivity index (χ4n) is 2.01. The van der Waals surface area contributed by atoms with Crippen LogP contribution in [0.25, 0.3) is 0 Å². The lowest BCUT2D eigenvalue weighted by Gasteiger charge is -2.09. The minimum Gasteiger partial charge on any atom is -0.372 e. The number of amides is 1. The Morgan fingerprint density at radius 2 is 1.95 bits per heavy atom. The number of nitrogens with one attached hydrogen (secondary N) is 2. The van der Waals surface area contributed by atoms with Gasteiger partial charge in [-0.15, -0.1) is 0 Å². The lowest BCUT2D eigenvalue weighted by Crippen LogP contribution is -2.25. The molecule has 4 nitrogen and oxygen atoms in total. The van der Waals surface area contributed by atoms with Gasteiger partial charge in [-0.3, -0.25) is 4.79 Å². The van der Waals surface area contributed by atoms with Crippen molar-refractivity contribution in [1.82, 2.24) is 10.3 Å². The molecule has 0 aliphatic heterocycles. The number of rotatable bonds is 9. The molecule has 0 saturated carbocycles. The summed E-state index contributed by atoms with van der Waals surface area (Å²) in [7, 11) is 1.66. The maximum absolute atomic E-state index is 13.1. The first-order valence-electron chi connectivity index (χ1n) is 7.30. The average molecular weight is 281 g/mol. The van der Waals surface area contributed by atoms with Gasteiger partial charge in [-0.2, -0.15) is 0 Å². The van der Waals surface area contributed by atoms with Gasteiger partial charge in [0.05, 0.1) is 11.8 Å². The second-order valence-electron chi connectivity index (χ2n) is 4.82. The highest BCUT2D eigenvalue weighted by Crippen LogP contribution is 2.12. The van der Waals surface area contributed by atoms with E-state index in [9.17, 15) is 9.18 Å². The van der Waals surface area contributed by atoms with Crippen molar-refractivity contribution in [2.45, 2.75) is 45.4 Å². The van der Waals surface area contributed by atoms with E-state index in [0.29, 0.717) is 12.4 Å². The van der Waals surface area contributed by atoms with Crippen molar-refractivity contribution in [3.8, 4) is 0 Å². The maximum Gasteiger partial charge on any atom is 0.255 e. The molecular formula is C15H24FN3O. The zero-order valence-corrected chi connectivity index (χ0v) is 12.3. The Bertz CT molecular complexity index is 424. The molecule has 1 amide bonds. The predicted octanol–water partition coefficient (Wildman–Crippen LogP) is 3.35. The van der Waals surface area contributed by atoms with Gasteiger partial charge in [-0.25, -0.2) is 9.37 Å². The van der Waals surface area contributed by atoms with E-state index in [2.05, 4.69) is 22.5 Å². The summed E-state index contributed by atoms with van der Waals surface area (Å²) in [6.07, 6.45) is 8.11. The van der Waals surface area contributed by atoms with Crippen molar-refractivity contribution in [2.24, 2.45) is 0 Å². The minimum atomic E-state index is -0.506. The van der Waals surface area contributed by atoms with E-state index in [4.69, 9.17) is 0 Å². The Balaban J connectivity index is 2.34. The number of halogens is 1. The van der Waals surface area contributed by atoms with Gasteiger partial charge in [-0.05, 0) is 12.5 Å². The second kappa shape index (κ2) is 9.28. The molecular weight excluding hydrogens is 257 g/mol. The van der Waals surface area contributed by atoms with E-state index in [1.165, 1.54) is 31.7 Å². The lowest BCUT2D eigenvalue weighted by atomic mass is 10.1. The van der Waals surface area contributed by atoms with Crippen LogP contribution in [0.3, 0.4) is 0 Å². The van der Waals surface area contributed by atoms with Crippen molar-refractivity contribution >= 4 is 11.7 Å². The van der Waals surface area contributed by atoms with Crippen molar-refractivity contribution in [3.05, 3.63) is 23.6 Å².